The topological polar surface area (TPSA) is 104 Å². The number of carboxylic acids is 1. The van der Waals surface area contributed by atoms with Gasteiger partial charge >= 0.3 is 5.97 Å². The third-order valence-corrected chi connectivity index (χ3v) is 6.52. The van der Waals surface area contributed by atoms with Gasteiger partial charge in [-0.05, 0) is 44.0 Å². The Bertz CT molecular complexity index is 724. The van der Waals surface area contributed by atoms with E-state index in [1.165, 1.54) is 35.5 Å². The van der Waals surface area contributed by atoms with E-state index >= 15 is 0 Å². The van der Waals surface area contributed by atoms with E-state index in [2.05, 4.69) is 5.32 Å². The highest BCUT2D eigenvalue weighted by atomic mass is 32.2. The van der Waals surface area contributed by atoms with Crippen molar-refractivity contribution < 1.29 is 23.1 Å². The van der Waals surface area contributed by atoms with Crippen LogP contribution >= 0.6 is 0 Å². The third kappa shape index (κ3) is 4.58. The summed E-state index contributed by atoms with van der Waals surface area (Å²) in [6, 6.07) is 4.55. The third-order valence-electron chi connectivity index (χ3n) is 4.60. The van der Waals surface area contributed by atoms with Gasteiger partial charge in [-0.3, -0.25) is 9.59 Å². The van der Waals surface area contributed by atoms with Crippen LogP contribution < -0.4 is 5.32 Å². The van der Waals surface area contributed by atoms with E-state index in [1.807, 2.05) is 0 Å². The fraction of sp³-hybridized carbons (Fsp3) is 0.529. The van der Waals surface area contributed by atoms with Crippen LogP contribution in [0.15, 0.2) is 29.2 Å². The summed E-state index contributed by atoms with van der Waals surface area (Å²) < 4.78 is 26.9. The highest BCUT2D eigenvalue weighted by Gasteiger charge is 2.29. The van der Waals surface area contributed by atoms with Crippen molar-refractivity contribution in [3.05, 3.63) is 29.8 Å². The summed E-state index contributed by atoms with van der Waals surface area (Å²) in [7, 11) is -2.01. The molecule has 2 N–H and O–H groups in total. The standard InChI is InChI=1S/C17H24N2O5S/c1-12(17(21)22)18-16(20)13-8-10-15(11-9-13)25(23,24)19(2)14-6-4-3-5-7-14/h8-12,14H,3-7H2,1-2H3,(H,18,20)(H,21,22)/t12-/m0/s1. The summed E-state index contributed by atoms with van der Waals surface area (Å²) in [5.74, 6) is -1.69. The van der Waals surface area contributed by atoms with Gasteiger partial charge < -0.3 is 10.4 Å². The van der Waals surface area contributed by atoms with Crippen molar-refractivity contribution in [2.45, 2.75) is 56.0 Å². The normalized spacial score (nSPS) is 17.2. The van der Waals surface area contributed by atoms with Gasteiger partial charge in [-0.2, -0.15) is 4.31 Å². The smallest absolute Gasteiger partial charge is 0.325 e. The first-order valence-electron chi connectivity index (χ1n) is 8.35. The Labute approximate surface area is 148 Å². The molecule has 1 amide bonds. The van der Waals surface area contributed by atoms with E-state index in [1.54, 1.807) is 7.05 Å². The van der Waals surface area contributed by atoms with Gasteiger partial charge in [0.2, 0.25) is 10.0 Å². The molecule has 1 aromatic rings. The lowest BCUT2D eigenvalue weighted by Gasteiger charge is -2.30. The van der Waals surface area contributed by atoms with Gasteiger partial charge in [0, 0.05) is 18.7 Å². The fourth-order valence-corrected chi connectivity index (χ4v) is 4.34. The maximum Gasteiger partial charge on any atom is 0.325 e. The van der Waals surface area contributed by atoms with E-state index in [0.717, 1.165) is 32.1 Å². The first-order chi connectivity index (χ1) is 11.7. The van der Waals surface area contributed by atoms with Gasteiger partial charge in [-0.15, -0.1) is 0 Å². The Hall–Kier alpha value is -1.93. The van der Waals surface area contributed by atoms with Crippen molar-refractivity contribution in [1.29, 1.82) is 0 Å². The minimum Gasteiger partial charge on any atom is -0.480 e. The van der Waals surface area contributed by atoms with E-state index in [9.17, 15) is 18.0 Å². The summed E-state index contributed by atoms with van der Waals surface area (Å²) >= 11 is 0. The van der Waals surface area contributed by atoms with E-state index < -0.39 is 27.9 Å². The van der Waals surface area contributed by atoms with Crippen LogP contribution in [0, 0.1) is 0 Å². The first kappa shape index (κ1) is 19.4. The molecule has 138 valence electrons. The van der Waals surface area contributed by atoms with Crippen LogP contribution in [-0.2, 0) is 14.8 Å². The summed E-state index contributed by atoms with van der Waals surface area (Å²) in [4.78, 5) is 22.9. The number of carboxylic acid groups (broad SMARTS) is 1. The molecule has 1 aliphatic carbocycles. The number of carbonyl (C=O) groups excluding carboxylic acids is 1. The maximum absolute atomic E-state index is 12.7. The monoisotopic (exact) mass is 368 g/mol. The number of rotatable bonds is 6. The van der Waals surface area contributed by atoms with Crippen LogP contribution in [0.1, 0.15) is 49.4 Å². The summed E-state index contributed by atoms with van der Waals surface area (Å²) in [6.07, 6.45) is 4.94. The number of amides is 1. The molecule has 0 bridgehead atoms. The lowest BCUT2D eigenvalue weighted by Crippen LogP contribution is -2.39. The fourth-order valence-electron chi connectivity index (χ4n) is 2.93. The van der Waals surface area contributed by atoms with Crippen LogP contribution in [0.5, 0.6) is 0 Å². The van der Waals surface area contributed by atoms with Gasteiger partial charge in [0.05, 0.1) is 4.90 Å². The number of hydrogen-bond donors (Lipinski definition) is 2. The van der Waals surface area contributed by atoms with Crippen molar-refractivity contribution in [2.24, 2.45) is 0 Å². The molecule has 0 spiro atoms. The Kier molecular flexibility index (Phi) is 6.18. The van der Waals surface area contributed by atoms with Gasteiger partial charge in [0.25, 0.3) is 5.91 Å². The van der Waals surface area contributed by atoms with Crippen LogP contribution in [0.2, 0.25) is 0 Å². The molecule has 25 heavy (non-hydrogen) atoms. The Balaban J connectivity index is 2.12. The molecule has 0 heterocycles. The zero-order valence-corrected chi connectivity index (χ0v) is 15.3. The zero-order valence-electron chi connectivity index (χ0n) is 14.4. The van der Waals surface area contributed by atoms with Gasteiger partial charge in [0.15, 0.2) is 0 Å². The van der Waals surface area contributed by atoms with E-state index in [4.69, 9.17) is 5.11 Å². The zero-order chi connectivity index (χ0) is 18.6. The van der Waals surface area contributed by atoms with Crippen molar-refractivity contribution in [2.75, 3.05) is 7.05 Å². The molecule has 1 aromatic carbocycles. The molecule has 0 aliphatic heterocycles. The molecule has 2 rings (SSSR count). The van der Waals surface area contributed by atoms with Gasteiger partial charge in [-0.25, -0.2) is 8.42 Å². The van der Waals surface area contributed by atoms with E-state index in [0.29, 0.717) is 0 Å². The number of sulfonamides is 1. The minimum atomic E-state index is -3.61. The van der Waals surface area contributed by atoms with Gasteiger partial charge in [0.1, 0.15) is 6.04 Å². The molecule has 1 saturated carbocycles. The van der Waals surface area contributed by atoms with Crippen molar-refractivity contribution in [3.8, 4) is 0 Å². The second-order valence-corrected chi connectivity index (χ2v) is 8.37. The molecule has 0 radical (unpaired) electrons. The summed E-state index contributed by atoms with van der Waals surface area (Å²) in [5, 5.41) is 11.1. The second-order valence-electron chi connectivity index (χ2n) is 6.37. The molecule has 8 heteroatoms. The molecule has 0 saturated heterocycles. The number of benzene rings is 1. The molecule has 1 fully saturated rings. The lowest BCUT2D eigenvalue weighted by atomic mass is 9.96. The molecule has 1 aliphatic rings. The minimum absolute atomic E-state index is 0.0122. The highest BCUT2D eigenvalue weighted by molar-refractivity contribution is 7.89. The predicted octanol–water partition coefficient (Wildman–Crippen LogP) is 1.84. The number of carbonyl (C=O) groups is 2. The van der Waals surface area contributed by atoms with Gasteiger partial charge in [-0.1, -0.05) is 19.3 Å². The first-order valence-corrected chi connectivity index (χ1v) is 9.79. The second kappa shape index (κ2) is 7.97. The average molecular weight is 368 g/mol. The largest absolute Gasteiger partial charge is 0.480 e. The van der Waals surface area contributed by atoms with Crippen molar-refractivity contribution >= 4 is 21.9 Å². The number of nitrogens with one attached hydrogen (secondary N) is 1. The van der Waals surface area contributed by atoms with Crippen LogP contribution in [0.4, 0.5) is 0 Å². The Morgan fingerprint density at radius 3 is 2.24 bits per heavy atom. The Morgan fingerprint density at radius 1 is 1.16 bits per heavy atom. The quantitative estimate of drug-likeness (QED) is 0.797. The maximum atomic E-state index is 12.7. The van der Waals surface area contributed by atoms with Crippen LogP contribution in [0.3, 0.4) is 0 Å². The van der Waals surface area contributed by atoms with Crippen LogP contribution in [-0.4, -0.2) is 48.8 Å². The molecule has 7 nitrogen and oxygen atoms in total. The number of nitrogens with zero attached hydrogens (tertiary/aromatic N) is 1. The highest BCUT2D eigenvalue weighted by Crippen LogP contribution is 2.26. The molecular formula is C17H24N2O5S. The predicted molar refractivity (Wildman–Crippen MR) is 92.8 cm³/mol. The van der Waals surface area contributed by atoms with Crippen molar-refractivity contribution in [1.82, 2.24) is 9.62 Å². The van der Waals surface area contributed by atoms with Crippen molar-refractivity contribution in [3.63, 3.8) is 0 Å². The average Bonchev–Trinajstić information content (AvgIpc) is 2.61. The van der Waals surface area contributed by atoms with Crippen LogP contribution in [0.25, 0.3) is 0 Å². The lowest BCUT2D eigenvalue weighted by molar-refractivity contribution is -0.138. The molecular weight excluding hydrogens is 344 g/mol. The molecule has 0 aromatic heterocycles. The Morgan fingerprint density at radius 2 is 1.72 bits per heavy atom. The summed E-state index contributed by atoms with van der Waals surface area (Å²) in [6.45, 7) is 1.36. The molecule has 0 unspecified atom stereocenters. The number of hydrogen-bond acceptors (Lipinski definition) is 4. The number of aliphatic carboxylic acids is 1. The molecule has 1 atom stereocenters. The summed E-state index contributed by atoms with van der Waals surface area (Å²) in [5.41, 5.74) is 0.215. The SMILES string of the molecule is C[C@H](NC(=O)c1ccc(S(=O)(=O)N(C)C2CCCCC2)cc1)C(=O)O. The van der Waals surface area contributed by atoms with E-state index in [-0.39, 0.29) is 16.5 Å².